The number of nitrogens with zero attached hydrogens (tertiary/aromatic N) is 3. The molecule has 25 heavy (non-hydrogen) atoms. The van der Waals surface area contributed by atoms with E-state index in [4.69, 9.17) is 11.6 Å². The summed E-state index contributed by atoms with van der Waals surface area (Å²) in [5.74, 6) is -0.0310. The zero-order valence-electron chi connectivity index (χ0n) is 15.0. The van der Waals surface area contributed by atoms with Crippen molar-refractivity contribution in [2.24, 2.45) is 7.05 Å². The number of halogens is 1. The molecule has 1 amide bonds. The van der Waals surface area contributed by atoms with Gasteiger partial charge in [0.1, 0.15) is 0 Å². The molecule has 0 spiro atoms. The SMILES string of the molecule is Cc1c(Cl)c(C(=O)N(CCc2ccccc2)C2CCCCC2)nn1C. The van der Waals surface area contributed by atoms with E-state index in [1.165, 1.54) is 24.8 Å². The van der Waals surface area contributed by atoms with Crippen molar-refractivity contribution in [3.63, 3.8) is 0 Å². The maximum Gasteiger partial charge on any atom is 0.276 e. The first-order valence-electron chi connectivity index (χ1n) is 9.12. The molecule has 0 unspecified atom stereocenters. The van der Waals surface area contributed by atoms with Gasteiger partial charge in [-0.05, 0) is 31.7 Å². The molecule has 0 atom stereocenters. The first-order chi connectivity index (χ1) is 12.1. The van der Waals surface area contributed by atoms with Crippen LogP contribution in [0.1, 0.15) is 53.8 Å². The zero-order chi connectivity index (χ0) is 17.8. The summed E-state index contributed by atoms with van der Waals surface area (Å²) in [6.07, 6.45) is 6.64. The summed E-state index contributed by atoms with van der Waals surface area (Å²) in [6, 6.07) is 10.6. The number of aromatic nitrogens is 2. The number of carbonyl (C=O) groups is 1. The summed E-state index contributed by atoms with van der Waals surface area (Å²) in [6.45, 7) is 2.60. The second-order valence-electron chi connectivity index (χ2n) is 6.90. The van der Waals surface area contributed by atoms with Gasteiger partial charge in [0.2, 0.25) is 0 Å². The van der Waals surface area contributed by atoms with Gasteiger partial charge in [-0.2, -0.15) is 5.10 Å². The Bertz CT molecular complexity index is 720. The van der Waals surface area contributed by atoms with Gasteiger partial charge in [0.25, 0.3) is 5.91 Å². The number of hydrogen-bond acceptors (Lipinski definition) is 2. The van der Waals surface area contributed by atoms with Crippen molar-refractivity contribution in [1.82, 2.24) is 14.7 Å². The lowest BCUT2D eigenvalue weighted by Gasteiger charge is -2.34. The van der Waals surface area contributed by atoms with Crippen LogP contribution in [0.3, 0.4) is 0 Å². The van der Waals surface area contributed by atoms with Crippen LogP contribution in [0.15, 0.2) is 30.3 Å². The molecule has 0 N–H and O–H groups in total. The van der Waals surface area contributed by atoms with Crippen LogP contribution in [-0.4, -0.2) is 33.2 Å². The number of hydrogen-bond donors (Lipinski definition) is 0. The maximum atomic E-state index is 13.2. The fourth-order valence-corrected chi connectivity index (χ4v) is 3.83. The van der Waals surface area contributed by atoms with Crippen LogP contribution in [-0.2, 0) is 13.5 Å². The lowest BCUT2D eigenvalue weighted by atomic mass is 9.93. The van der Waals surface area contributed by atoms with Crippen LogP contribution in [0, 0.1) is 6.92 Å². The van der Waals surface area contributed by atoms with Crippen LogP contribution in [0.4, 0.5) is 0 Å². The van der Waals surface area contributed by atoms with Gasteiger partial charge >= 0.3 is 0 Å². The van der Waals surface area contributed by atoms with Crippen molar-refractivity contribution in [1.29, 1.82) is 0 Å². The van der Waals surface area contributed by atoms with Gasteiger partial charge in [-0.25, -0.2) is 0 Å². The Hall–Kier alpha value is -1.81. The van der Waals surface area contributed by atoms with E-state index in [0.29, 0.717) is 23.3 Å². The summed E-state index contributed by atoms with van der Waals surface area (Å²) in [5.41, 5.74) is 2.47. The number of carbonyl (C=O) groups excluding carboxylic acids is 1. The van der Waals surface area contributed by atoms with Gasteiger partial charge in [0.15, 0.2) is 5.69 Å². The minimum atomic E-state index is -0.0310. The highest BCUT2D eigenvalue weighted by atomic mass is 35.5. The second-order valence-corrected chi connectivity index (χ2v) is 7.28. The largest absolute Gasteiger partial charge is 0.334 e. The smallest absolute Gasteiger partial charge is 0.276 e. The fourth-order valence-electron chi connectivity index (χ4n) is 3.59. The molecular formula is C20H26ClN3O. The van der Waals surface area contributed by atoms with E-state index in [0.717, 1.165) is 25.0 Å². The molecule has 4 nitrogen and oxygen atoms in total. The van der Waals surface area contributed by atoms with Crippen molar-refractivity contribution >= 4 is 17.5 Å². The molecule has 3 rings (SSSR count). The number of amides is 1. The predicted molar refractivity (Wildman–Crippen MR) is 101 cm³/mol. The summed E-state index contributed by atoms with van der Waals surface area (Å²) in [4.78, 5) is 15.2. The van der Waals surface area contributed by atoms with Crippen LogP contribution in [0.5, 0.6) is 0 Å². The van der Waals surface area contributed by atoms with Crippen LogP contribution < -0.4 is 0 Å². The third kappa shape index (κ3) is 4.06. The zero-order valence-corrected chi connectivity index (χ0v) is 15.8. The molecule has 1 saturated carbocycles. The van der Waals surface area contributed by atoms with E-state index < -0.39 is 0 Å². The summed E-state index contributed by atoms with van der Waals surface area (Å²) >= 11 is 6.38. The highest BCUT2D eigenvalue weighted by Crippen LogP contribution is 2.27. The van der Waals surface area contributed by atoms with E-state index in [1.54, 1.807) is 4.68 Å². The Morgan fingerprint density at radius 3 is 2.52 bits per heavy atom. The third-order valence-corrected chi connectivity index (χ3v) is 5.68. The van der Waals surface area contributed by atoms with Gasteiger partial charge in [0, 0.05) is 19.6 Å². The van der Waals surface area contributed by atoms with Gasteiger partial charge in [-0.3, -0.25) is 9.48 Å². The molecule has 1 aliphatic rings. The quantitative estimate of drug-likeness (QED) is 0.793. The first kappa shape index (κ1) is 18.0. The Kier molecular flexibility index (Phi) is 5.79. The summed E-state index contributed by atoms with van der Waals surface area (Å²) in [5, 5.41) is 4.85. The molecule has 1 aliphatic carbocycles. The van der Waals surface area contributed by atoms with E-state index in [-0.39, 0.29) is 5.91 Å². The van der Waals surface area contributed by atoms with Crippen molar-refractivity contribution in [2.45, 2.75) is 51.5 Å². The molecule has 0 bridgehead atoms. The molecule has 1 fully saturated rings. The standard InChI is InChI=1S/C20H26ClN3O/c1-15-18(21)19(22-23(15)2)20(25)24(17-11-7-4-8-12-17)14-13-16-9-5-3-6-10-16/h3,5-6,9-10,17H,4,7-8,11-14H2,1-2H3. The molecule has 1 aromatic carbocycles. The minimum Gasteiger partial charge on any atom is -0.334 e. The van der Waals surface area contributed by atoms with Crippen molar-refractivity contribution < 1.29 is 4.79 Å². The van der Waals surface area contributed by atoms with Gasteiger partial charge in [-0.1, -0.05) is 61.2 Å². The van der Waals surface area contributed by atoms with Crippen molar-refractivity contribution in [3.8, 4) is 0 Å². The highest BCUT2D eigenvalue weighted by molar-refractivity contribution is 6.34. The van der Waals surface area contributed by atoms with Gasteiger partial charge in [-0.15, -0.1) is 0 Å². The molecule has 134 valence electrons. The Labute approximate surface area is 154 Å². The molecule has 2 aromatic rings. The topological polar surface area (TPSA) is 38.1 Å². The van der Waals surface area contributed by atoms with Gasteiger partial charge < -0.3 is 4.90 Å². The molecule has 1 aromatic heterocycles. The highest BCUT2D eigenvalue weighted by Gasteiger charge is 2.29. The minimum absolute atomic E-state index is 0.0310. The monoisotopic (exact) mass is 359 g/mol. The Morgan fingerprint density at radius 1 is 1.24 bits per heavy atom. The Balaban J connectivity index is 1.81. The van der Waals surface area contributed by atoms with Gasteiger partial charge in [0.05, 0.1) is 10.7 Å². The molecule has 5 heteroatoms. The molecule has 0 radical (unpaired) electrons. The Morgan fingerprint density at radius 2 is 1.92 bits per heavy atom. The lowest BCUT2D eigenvalue weighted by Crippen LogP contribution is -2.43. The van der Waals surface area contributed by atoms with E-state index >= 15 is 0 Å². The van der Waals surface area contributed by atoms with Crippen molar-refractivity contribution in [3.05, 3.63) is 52.3 Å². The van der Waals surface area contributed by atoms with Crippen LogP contribution in [0.25, 0.3) is 0 Å². The summed E-state index contributed by atoms with van der Waals surface area (Å²) < 4.78 is 1.69. The lowest BCUT2D eigenvalue weighted by molar-refractivity contribution is 0.0630. The fraction of sp³-hybridized carbons (Fsp3) is 0.500. The third-order valence-electron chi connectivity index (χ3n) is 5.22. The molecule has 0 aliphatic heterocycles. The first-order valence-corrected chi connectivity index (χ1v) is 9.49. The molecule has 1 heterocycles. The summed E-state index contributed by atoms with van der Waals surface area (Å²) in [7, 11) is 1.83. The van der Waals surface area contributed by atoms with E-state index in [9.17, 15) is 4.79 Å². The number of aryl methyl sites for hydroxylation is 1. The molecular weight excluding hydrogens is 334 g/mol. The van der Waals surface area contributed by atoms with E-state index in [2.05, 4.69) is 17.2 Å². The normalized spacial score (nSPS) is 15.3. The maximum absolute atomic E-state index is 13.2. The second kappa shape index (κ2) is 8.05. The molecule has 0 saturated heterocycles. The average molecular weight is 360 g/mol. The van der Waals surface area contributed by atoms with E-state index in [1.807, 2.05) is 37.1 Å². The van der Waals surface area contributed by atoms with Crippen LogP contribution >= 0.6 is 11.6 Å². The number of benzene rings is 1. The predicted octanol–water partition coefficient (Wildman–Crippen LogP) is 4.40. The van der Waals surface area contributed by atoms with Crippen molar-refractivity contribution in [2.75, 3.05) is 6.54 Å². The number of rotatable bonds is 5. The average Bonchev–Trinajstić information content (AvgIpc) is 2.91. The van der Waals surface area contributed by atoms with Crippen LogP contribution in [0.2, 0.25) is 5.02 Å².